The number of rotatable bonds is 5. The van der Waals surface area contributed by atoms with Crippen LogP contribution in [0.3, 0.4) is 0 Å². The zero-order chi connectivity index (χ0) is 14.5. The first-order valence-electron chi connectivity index (χ1n) is 8.78. The minimum atomic E-state index is 0.0710. The molecule has 0 saturated heterocycles. The zero-order valence-electron chi connectivity index (χ0n) is 13.3. The topological polar surface area (TPSA) is 12.9 Å². The Morgan fingerprint density at radius 3 is 2.19 bits per heavy atom. The summed E-state index contributed by atoms with van der Waals surface area (Å²) in [5, 5.41) is 1.74. The smallest absolute Gasteiger partial charge is 0.0632 e. The largest absolute Gasteiger partial charge is 0.257 e. The first kappa shape index (κ1) is 15.2. The van der Waals surface area contributed by atoms with E-state index in [2.05, 4.69) is 30.1 Å². The number of hydrogen-bond donors (Lipinski definition) is 0. The van der Waals surface area contributed by atoms with Crippen molar-refractivity contribution in [2.75, 3.05) is 0 Å². The molecular formula is C19H28NP. The third-order valence-corrected chi connectivity index (χ3v) is 8.85. The quantitative estimate of drug-likeness (QED) is 0.590. The van der Waals surface area contributed by atoms with E-state index in [1.165, 1.54) is 57.8 Å². The maximum Gasteiger partial charge on any atom is 0.0632 e. The molecular weight excluding hydrogens is 273 g/mol. The van der Waals surface area contributed by atoms with Crippen molar-refractivity contribution in [3.8, 4) is 0 Å². The minimum absolute atomic E-state index is 0.0710. The highest BCUT2D eigenvalue weighted by Gasteiger charge is 2.34. The molecule has 2 heteroatoms. The van der Waals surface area contributed by atoms with Crippen LogP contribution in [-0.2, 0) is 0 Å². The van der Waals surface area contributed by atoms with Gasteiger partial charge >= 0.3 is 0 Å². The highest BCUT2D eigenvalue weighted by Crippen LogP contribution is 2.63. The van der Waals surface area contributed by atoms with Crippen LogP contribution in [0.25, 0.3) is 6.08 Å². The monoisotopic (exact) mass is 301 g/mol. The van der Waals surface area contributed by atoms with Crippen molar-refractivity contribution < 1.29 is 0 Å². The Morgan fingerprint density at radius 2 is 1.71 bits per heavy atom. The molecule has 1 aromatic rings. The van der Waals surface area contributed by atoms with Gasteiger partial charge in [0.25, 0.3) is 0 Å². The first-order valence-corrected chi connectivity index (χ1v) is 10.3. The third kappa shape index (κ3) is 3.75. The molecule has 0 atom stereocenters. The highest BCUT2D eigenvalue weighted by atomic mass is 31.1. The average molecular weight is 301 g/mol. The maximum absolute atomic E-state index is 4.54. The summed E-state index contributed by atoms with van der Waals surface area (Å²) in [4.78, 5) is 4.54. The summed E-state index contributed by atoms with van der Waals surface area (Å²) < 4.78 is 0. The summed E-state index contributed by atoms with van der Waals surface area (Å²) in [5.41, 5.74) is 3.19. The van der Waals surface area contributed by atoms with Crippen LogP contribution in [0.4, 0.5) is 0 Å². The van der Waals surface area contributed by atoms with Gasteiger partial charge in [-0.05, 0) is 66.9 Å². The van der Waals surface area contributed by atoms with Crippen LogP contribution >= 0.6 is 7.92 Å². The molecule has 114 valence electrons. The molecule has 0 spiro atoms. The van der Waals surface area contributed by atoms with Gasteiger partial charge in [-0.2, -0.15) is 0 Å². The molecule has 3 rings (SSSR count). The molecule has 0 N–H and O–H groups in total. The molecule has 1 heterocycles. The summed E-state index contributed by atoms with van der Waals surface area (Å²) >= 11 is 0. The van der Waals surface area contributed by atoms with Gasteiger partial charge in [0.05, 0.1) is 5.69 Å². The van der Waals surface area contributed by atoms with Gasteiger partial charge in [-0.25, -0.2) is 0 Å². The van der Waals surface area contributed by atoms with Gasteiger partial charge in [0, 0.05) is 6.20 Å². The van der Waals surface area contributed by atoms with Crippen LogP contribution in [0.15, 0.2) is 29.7 Å². The van der Waals surface area contributed by atoms with Crippen molar-refractivity contribution in [3.63, 3.8) is 0 Å². The van der Waals surface area contributed by atoms with Crippen LogP contribution in [0.2, 0.25) is 0 Å². The van der Waals surface area contributed by atoms with E-state index in [-0.39, 0.29) is 7.92 Å². The second-order valence-electron chi connectivity index (χ2n) is 6.53. The lowest BCUT2D eigenvalue weighted by Crippen LogP contribution is -2.11. The van der Waals surface area contributed by atoms with Gasteiger partial charge in [-0.3, -0.25) is 4.98 Å². The molecule has 0 amide bonds. The SMILES string of the molecule is CC/C(=C\c1ccccn1)P(C1CCCC1)C1CCCC1. The Bertz CT molecular complexity index is 440. The van der Waals surface area contributed by atoms with Gasteiger partial charge in [0.2, 0.25) is 0 Å². The van der Waals surface area contributed by atoms with E-state index in [9.17, 15) is 0 Å². The van der Waals surface area contributed by atoms with Crippen LogP contribution < -0.4 is 0 Å². The van der Waals surface area contributed by atoms with E-state index >= 15 is 0 Å². The summed E-state index contributed by atoms with van der Waals surface area (Å²) in [5.74, 6) is 0. The van der Waals surface area contributed by atoms with Crippen LogP contribution in [0.1, 0.15) is 70.4 Å². The zero-order valence-corrected chi connectivity index (χ0v) is 14.2. The van der Waals surface area contributed by atoms with Crippen molar-refractivity contribution >= 4 is 14.0 Å². The van der Waals surface area contributed by atoms with E-state index in [1.807, 2.05) is 12.3 Å². The summed E-state index contributed by atoms with van der Waals surface area (Å²) in [6, 6.07) is 6.28. The van der Waals surface area contributed by atoms with E-state index in [0.717, 1.165) is 17.0 Å². The molecule has 0 bridgehead atoms. The molecule has 0 aliphatic heterocycles. The molecule has 0 radical (unpaired) electrons. The van der Waals surface area contributed by atoms with Crippen molar-refractivity contribution in [2.45, 2.75) is 76.0 Å². The Labute approximate surface area is 131 Å². The molecule has 0 aromatic carbocycles. The molecule has 0 unspecified atom stereocenters. The summed E-state index contributed by atoms with van der Waals surface area (Å²) in [7, 11) is 0.0710. The normalized spacial score (nSPS) is 21.5. The fourth-order valence-electron chi connectivity index (χ4n) is 4.12. The molecule has 1 aromatic heterocycles. The van der Waals surface area contributed by atoms with Gasteiger partial charge in [-0.15, -0.1) is 0 Å². The van der Waals surface area contributed by atoms with E-state index < -0.39 is 0 Å². The first-order chi connectivity index (χ1) is 10.4. The standard InChI is InChI=1S/C19H28NP/c1-2-17(15-16-9-7-8-14-20-16)21(18-10-3-4-11-18)19-12-5-6-13-19/h7-9,14-15,18-19H,2-6,10-13H2,1H3/b17-15+. The van der Waals surface area contributed by atoms with Crippen molar-refractivity contribution in [3.05, 3.63) is 35.4 Å². The molecule has 21 heavy (non-hydrogen) atoms. The molecule has 1 nitrogen and oxygen atoms in total. The third-order valence-electron chi connectivity index (χ3n) is 5.13. The number of pyridine rings is 1. The number of hydrogen-bond acceptors (Lipinski definition) is 1. The lowest BCUT2D eigenvalue weighted by atomic mass is 10.3. The lowest BCUT2D eigenvalue weighted by Gasteiger charge is -2.32. The van der Waals surface area contributed by atoms with Crippen molar-refractivity contribution in [1.82, 2.24) is 4.98 Å². The molecule has 2 fully saturated rings. The maximum atomic E-state index is 4.54. The Morgan fingerprint density at radius 1 is 1.10 bits per heavy atom. The molecule has 2 aliphatic carbocycles. The van der Waals surface area contributed by atoms with Gasteiger partial charge in [0.15, 0.2) is 0 Å². The number of aromatic nitrogens is 1. The Kier molecular flexibility index (Phi) is 5.47. The average Bonchev–Trinajstić information content (AvgIpc) is 3.21. The van der Waals surface area contributed by atoms with Gasteiger partial charge < -0.3 is 0 Å². The number of allylic oxidation sites excluding steroid dienone is 1. The minimum Gasteiger partial charge on any atom is -0.257 e. The Hall–Kier alpha value is -0.680. The van der Waals surface area contributed by atoms with Gasteiger partial charge in [0.1, 0.15) is 0 Å². The van der Waals surface area contributed by atoms with Gasteiger partial charge in [-0.1, -0.05) is 46.6 Å². The molecule has 2 saturated carbocycles. The van der Waals surface area contributed by atoms with E-state index in [1.54, 1.807) is 5.31 Å². The van der Waals surface area contributed by atoms with E-state index in [0.29, 0.717) is 0 Å². The van der Waals surface area contributed by atoms with E-state index in [4.69, 9.17) is 0 Å². The fourth-order valence-corrected chi connectivity index (χ4v) is 8.15. The molecule has 2 aliphatic rings. The lowest BCUT2D eigenvalue weighted by molar-refractivity contribution is 0.829. The Balaban J connectivity index is 1.86. The number of nitrogens with zero attached hydrogens (tertiary/aromatic N) is 1. The fraction of sp³-hybridized carbons (Fsp3) is 0.632. The second kappa shape index (κ2) is 7.54. The van der Waals surface area contributed by atoms with Crippen LogP contribution in [0, 0.1) is 0 Å². The predicted octanol–water partition coefficient (Wildman–Crippen LogP) is 6.20. The summed E-state index contributed by atoms with van der Waals surface area (Å²) in [6.07, 6.45) is 17.4. The summed E-state index contributed by atoms with van der Waals surface area (Å²) in [6.45, 7) is 2.36. The van der Waals surface area contributed by atoms with Crippen molar-refractivity contribution in [2.24, 2.45) is 0 Å². The predicted molar refractivity (Wildman–Crippen MR) is 93.9 cm³/mol. The van der Waals surface area contributed by atoms with Crippen molar-refractivity contribution in [1.29, 1.82) is 0 Å². The van der Waals surface area contributed by atoms with Crippen LogP contribution in [-0.4, -0.2) is 16.3 Å². The van der Waals surface area contributed by atoms with Crippen LogP contribution in [0.5, 0.6) is 0 Å². The second-order valence-corrected chi connectivity index (χ2v) is 9.38. The highest BCUT2D eigenvalue weighted by molar-refractivity contribution is 7.63.